The summed E-state index contributed by atoms with van der Waals surface area (Å²) < 4.78 is 0. The number of carbonyl (C=O) groups excluding carboxylic acids is 1. The van der Waals surface area contributed by atoms with E-state index in [0.29, 0.717) is 12.5 Å². The molecule has 1 N–H and O–H groups in total. The van der Waals surface area contributed by atoms with Crippen LogP contribution in [0.1, 0.15) is 39.0 Å². The molecule has 1 saturated carbocycles. The fraction of sp³-hybridized carbons (Fsp3) is 0.846. The fourth-order valence-corrected chi connectivity index (χ4v) is 3.64. The minimum atomic E-state index is -0.741. The van der Waals surface area contributed by atoms with E-state index in [2.05, 4.69) is 0 Å². The lowest BCUT2D eigenvalue weighted by atomic mass is 9.89. The maximum absolute atomic E-state index is 12.5. The van der Waals surface area contributed by atoms with Crippen LogP contribution < -0.4 is 0 Å². The lowest BCUT2D eigenvalue weighted by molar-refractivity contribution is -0.142. The van der Waals surface area contributed by atoms with Crippen molar-refractivity contribution >= 4 is 12.0 Å². The van der Waals surface area contributed by atoms with Crippen LogP contribution in [0, 0.1) is 5.92 Å². The summed E-state index contributed by atoms with van der Waals surface area (Å²) in [6.45, 7) is 2.74. The number of carboxylic acids is 1. The van der Waals surface area contributed by atoms with E-state index in [0.717, 1.165) is 32.2 Å². The highest BCUT2D eigenvalue weighted by Gasteiger charge is 2.53. The Morgan fingerprint density at radius 3 is 2.50 bits per heavy atom. The average molecular weight is 252 g/mol. The van der Waals surface area contributed by atoms with Crippen molar-refractivity contribution in [3.63, 3.8) is 0 Å². The van der Waals surface area contributed by atoms with E-state index in [4.69, 9.17) is 0 Å². The van der Waals surface area contributed by atoms with Crippen molar-refractivity contribution in [3.05, 3.63) is 0 Å². The molecular weight excluding hydrogens is 232 g/mol. The Kier molecular flexibility index (Phi) is 2.72. The molecule has 18 heavy (non-hydrogen) atoms. The topological polar surface area (TPSA) is 60.9 Å². The zero-order valence-corrected chi connectivity index (χ0v) is 10.7. The van der Waals surface area contributed by atoms with Gasteiger partial charge in [0.2, 0.25) is 0 Å². The first kappa shape index (κ1) is 11.8. The van der Waals surface area contributed by atoms with Gasteiger partial charge in [0, 0.05) is 24.7 Å². The van der Waals surface area contributed by atoms with E-state index in [1.165, 1.54) is 0 Å². The second-order valence-corrected chi connectivity index (χ2v) is 5.69. The number of hydrogen-bond donors (Lipinski definition) is 1. The number of amides is 2. The Morgan fingerprint density at radius 2 is 2.00 bits per heavy atom. The molecule has 1 aliphatic carbocycles. The molecule has 2 amide bonds. The predicted octanol–water partition coefficient (Wildman–Crippen LogP) is 1.53. The van der Waals surface area contributed by atoms with Crippen molar-refractivity contribution in [2.45, 2.75) is 57.2 Å². The summed E-state index contributed by atoms with van der Waals surface area (Å²) in [5.74, 6) is -1.08. The molecule has 5 heteroatoms. The highest BCUT2D eigenvalue weighted by molar-refractivity contribution is 5.80. The molecule has 0 spiro atoms. The molecule has 3 unspecified atom stereocenters. The fourth-order valence-electron chi connectivity index (χ4n) is 3.64. The lowest BCUT2D eigenvalue weighted by Crippen LogP contribution is -2.47. The van der Waals surface area contributed by atoms with E-state index < -0.39 is 5.97 Å². The number of urea groups is 1. The summed E-state index contributed by atoms with van der Waals surface area (Å²) in [6.07, 6.45) is 4.68. The van der Waals surface area contributed by atoms with Gasteiger partial charge in [-0.25, -0.2) is 4.79 Å². The maximum Gasteiger partial charge on any atom is 0.320 e. The smallest absolute Gasteiger partial charge is 0.320 e. The molecule has 0 aromatic heterocycles. The van der Waals surface area contributed by atoms with Gasteiger partial charge in [-0.3, -0.25) is 4.79 Å². The number of aliphatic carboxylic acids is 1. The van der Waals surface area contributed by atoms with Gasteiger partial charge in [-0.2, -0.15) is 0 Å². The van der Waals surface area contributed by atoms with Crippen LogP contribution in [0.15, 0.2) is 0 Å². The number of carbonyl (C=O) groups is 2. The molecule has 3 fully saturated rings. The molecule has 5 nitrogen and oxygen atoms in total. The third-order valence-corrected chi connectivity index (χ3v) is 4.65. The molecule has 3 rings (SSSR count). The van der Waals surface area contributed by atoms with Crippen molar-refractivity contribution in [2.24, 2.45) is 5.92 Å². The van der Waals surface area contributed by atoms with Gasteiger partial charge in [0.1, 0.15) is 0 Å². The first-order chi connectivity index (χ1) is 8.63. The first-order valence-electron chi connectivity index (χ1n) is 6.95. The number of fused-ring (bicyclic) bond motifs is 2. The van der Waals surface area contributed by atoms with E-state index in [-0.39, 0.29) is 24.0 Å². The monoisotopic (exact) mass is 252 g/mol. The van der Waals surface area contributed by atoms with Crippen LogP contribution in [-0.2, 0) is 4.79 Å². The number of nitrogens with zero attached hydrogens (tertiary/aromatic N) is 2. The van der Waals surface area contributed by atoms with Gasteiger partial charge in [0.25, 0.3) is 0 Å². The van der Waals surface area contributed by atoms with Crippen molar-refractivity contribution in [1.82, 2.24) is 9.80 Å². The van der Waals surface area contributed by atoms with Gasteiger partial charge in [0.05, 0.1) is 5.92 Å². The molecule has 3 aliphatic rings. The SMILES string of the molecule is CCN(C(=O)N1C2CCC1C(C(=O)O)C2)C1CC1. The standard InChI is InChI=1S/C13H20N2O3/c1-2-14(8-3-4-8)13(18)15-9-5-6-11(15)10(7-9)12(16)17/h8-11H,2-7H2,1H3,(H,16,17). The Balaban J connectivity index is 1.76. The van der Waals surface area contributed by atoms with Crippen molar-refractivity contribution in [1.29, 1.82) is 0 Å². The summed E-state index contributed by atoms with van der Waals surface area (Å²) in [5, 5.41) is 9.20. The van der Waals surface area contributed by atoms with Crippen LogP contribution in [0.25, 0.3) is 0 Å². The Morgan fingerprint density at radius 1 is 1.28 bits per heavy atom. The molecule has 0 radical (unpaired) electrons. The third-order valence-electron chi connectivity index (χ3n) is 4.65. The molecule has 3 atom stereocenters. The zero-order chi connectivity index (χ0) is 12.9. The van der Waals surface area contributed by atoms with Crippen molar-refractivity contribution in [3.8, 4) is 0 Å². The van der Waals surface area contributed by atoms with E-state index in [1.807, 2.05) is 16.7 Å². The molecule has 0 aromatic carbocycles. The van der Waals surface area contributed by atoms with Crippen LogP contribution in [-0.4, -0.2) is 51.6 Å². The van der Waals surface area contributed by atoms with Crippen molar-refractivity contribution in [2.75, 3.05) is 6.54 Å². The Labute approximate surface area is 107 Å². The molecule has 100 valence electrons. The summed E-state index contributed by atoms with van der Waals surface area (Å²) >= 11 is 0. The predicted molar refractivity (Wildman–Crippen MR) is 65.2 cm³/mol. The van der Waals surface area contributed by atoms with Gasteiger partial charge < -0.3 is 14.9 Å². The first-order valence-corrected chi connectivity index (χ1v) is 6.95. The summed E-state index contributed by atoms with van der Waals surface area (Å²) in [4.78, 5) is 27.5. The normalized spacial score (nSPS) is 33.8. The Hall–Kier alpha value is -1.26. The maximum atomic E-state index is 12.5. The molecule has 0 aromatic rings. The van der Waals surface area contributed by atoms with Gasteiger partial charge >= 0.3 is 12.0 Å². The van der Waals surface area contributed by atoms with Gasteiger partial charge in [-0.05, 0) is 39.0 Å². The molecule has 2 aliphatic heterocycles. The van der Waals surface area contributed by atoms with E-state index >= 15 is 0 Å². The summed E-state index contributed by atoms with van der Waals surface area (Å²) in [5.41, 5.74) is 0. The van der Waals surface area contributed by atoms with E-state index in [9.17, 15) is 14.7 Å². The minimum Gasteiger partial charge on any atom is -0.481 e. The highest BCUT2D eigenvalue weighted by atomic mass is 16.4. The zero-order valence-electron chi connectivity index (χ0n) is 10.7. The average Bonchev–Trinajstić information content (AvgIpc) is 3.01. The number of carboxylic acid groups (broad SMARTS) is 1. The largest absolute Gasteiger partial charge is 0.481 e. The van der Waals surface area contributed by atoms with Crippen LogP contribution in [0.4, 0.5) is 4.79 Å². The van der Waals surface area contributed by atoms with Crippen LogP contribution >= 0.6 is 0 Å². The molecular formula is C13H20N2O3. The summed E-state index contributed by atoms with van der Waals surface area (Å²) in [6, 6.07) is 0.589. The number of hydrogen-bond acceptors (Lipinski definition) is 2. The van der Waals surface area contributed by atoms with Crippen LogP contribution in [0.5, 0.6) is 0 Å². The minimum absolute atomic E-state index is 0.0622. The van der Waals surface area contributed by atoms with E-state index in [1.54, 1.807) is 0 Å². The highest BCUT2D eigenvalue weighted by Crippen LogP contribution is 2.43. The number of rotatable bonds is 3. The third kappa shape index (κ3) is 1.68. The Bertz CT molecular complexity index is 380. The van der Waals surface area contributed by atoms with Gasteiger partial charge in [-0.1, -0.05) is 0 Å². The van der Waals surface area contributed by atoms with Crippen LogP contribution in [0.2, 0.25) is 0 Å². The van der Waals surface area contributed by atoms with Crippen molar-refractivity contribution < 1.29 is 14.7 Å². The lowest BCUT2D eigenvalue weighted by Gasteiger charge is -2.30. The van der Waals surface area contributed by atoms with Crippen LogP contribution in [0.3, 0.4) is 0 Å². The second kappa shape index (κ2) is 4.14. The summed E-state index contributed by atoms with van der Waals surface area (Å²) in [7, 11) is 0. The van der Waals surface area contributed by atoms with Gasteiger partial charge in [0.15, 0.2) is 0 Å². The molecule has 2 bridgehead atoms. The van der Waals surface area contributed by atoms with Gasteiger partial charge in [-0.15, -0.1) is 0 Å². The molecule has 2 saturated heterocycles. The second-order valence-electron chi connectivity index (χ2n) is 5.69. The quantitative estimate of drug-likeness (QED) is 0.828. The molecule has 2 heterocycles.